The molecule has 0 saturated heterocycles. The number of rotatable bonds is 1. The average Bonchev–Trinajstić information content (AvgIpc) is 2.43. The predicted molar refractivity (Wildman–Crippen MR) is 76.6 cm³/mol. The van der Waals surface area contributed by atoms with Crippen molar-refractivity contribution in [2.75, 3.05) is 11.9 Å². The molecule has 0 spiro atoms. The summed E-state index contributed by atoms with van der Waals surface area (Å²) < 4.78 is 0. The molecule has 0 aromatic heterocycles. The lowest BCUT2D eigenvalue weighted by Crippen LogP contribution is -2.32. The molecule has 2 aromatic carbocycles. The molecule has 0 fully saturated rings. The van der Waals surface area contributed by atoms with Gasteiger partial charge >= 0.3 is 0 Å². The van der Waals surface area contributed by atoms with Crippen LogP contribution in [0.25, 0.3) is 0 Å². The van der Waals surface area contributed by atoms with Crippen LogP contribution in [0, 0.1) is 0 Å². The van der Waals surface area contributed by atoms with Crippen LogP contribution in [0.2, 0.25) is 0 Å². The summed E-state index contributed by atoms with van der Waals surface area (Å²) in [5.41, 5.74) is 4.55. The van der Waals surface area contributed by atoms with E-state index in [9.17, 15) is 4.79 Å². The molecule has 1 aliphatic heterocycles. The van der Waals surface area contributed by atoms with Gasteiger partial charge in [-0.05, 0) is 12.1 Å². The summed E-state index contributed by atoms with van der Waals surface area (Å²) in [4.78, 5) is 13.7. The van der Waals surface area contributed by atoms with Gasteiger partial charge in [0.15, 0.2) is 0 Å². The van der Waals surface area contributed by atoms with Gasteiger partial charge in [0, 0.05) is 36.5 Å². The lowest BCUT2D eigenvalue weighted by atomic mass is 9.91. The predicted octanol–water partition coefficient (Wildman–Crippen LogP) is 2.99. The van der Waals surface area contributed by atoms with Gasteiger partial charge in [0.1, 0.15) is 0 Å². The van der Waals surface area contributed by atoms with Crippen molar-refractivity contribution in [1.82, 2.24) is 5.32 Å². The van der Waals surface area contributed by atoms with Crippen molar-refractivity contribution in [3.63, 3.8) is 0 Å². The van der Waals surface area contributed by atoms with Crippen LogP contribution < -0.4 is 10.2 Å². The Hall–Kier alpha value is -2.29. The minimum absolute atomic E-state index is 0.0147. The molecule has 3 nitrogen and oxygen atoms in total. The average molecular weight is 252 g/mol. The summed E-state index contributed by atoms with van der Waals surface area (Å²) in [6.45, 7) is 1.56. The molecule has 19 heavy (non-hydrogen) atoms. The van der Waals surface area contributed by atoms with Gasteiger partial charge in [-0.1, -0.05) is 36.4 Å². The Morgan fingerprint density at radius 2 is 1.47 bits per heavy atom. The summed E-state index contributed by atoms with van der Waals surface area (Å²) in [6.07, 6.45) is 0. The van der Waals surface area contributed by atoms with Gasteiger partial charge in [-0.3, -0.25) is 4.79 Å². The molecule has 0 saturated carbocycles. The third-order valence-electron chi connectivity index (χ3n) is 3.57. The molecule has 1 N–H and O–H groups in total. The van der Waals surface area contributed by atoms with Crippen LogP contribution in [0.1, 0.15) is 24.1 Å². The number of fused-ring (bicyclic) bond motifs is 2. The van der Waals surface area contributed by atoms with Crippen molar-refractivity contribution in [2.45, 2.75) is 13.0 Å². The van der Waals surface area contributed by atoms with Crippen LogP contribution in [0.4, 0.5) is 11.4 Å². The maximum absolute atomic E-state index is 11.5. The number of carbonyl (C=O) groups is 1. The van der Waals surface area contributed by atoms with E-state index in [1.54, 1.807) is 6.92 Å². The number of nitrogens with zero attached hydrogens (tertiary/aromatic N) is 1. The lowest BCUT2D eigenvalue weighted by molar-refractivity contribution is -0.119. The number of carbonyl (C=O) groups excluding carboxylic acids is 1. The Balaban J connectivity index is 2.20. The first kappa shape index (κ1) is 11.8. The van der Waals surface area contributed by atoms with E-state index in [0.717, 1.165) is 22.5 Å². The number of anilines is 2. The molecule has 3 rings (SSSR count). The summed E-state index contributed by atoms with van der Waals surface area (Å²) in [5, 5.41) is 3.05. The molecule has 0 unspecified atom stereocenters. The number of amides is 1. The van der Waals surface area contributed by atoms with E-state index in [2.05, 4.69) is 41.5 Å². The van der Waals surface area contributed by atoms with Crippen LogP contribution in [-0.4, -0.2) is 13.0 Å². The van der Waals surface area contributed by atoms with Crippen LogP contribution in [0.3, 0.4) is 0 Å². The molecule has 2 aromatic rings. The van der Waals surface area contributed by atoms with E-state index >= 15 is 0 Å². The van der Waals surface area contributed by atoms with Gasteiger partial charge < -0.3 is 10.2 Å². The minimum atomic E-state index is -0.0684. The van der Waals surface area contributed by atoms with Gasteiger partial charge in [-0.2, -0.15) is 0 Å². The number of benzene rings is 2. The highest BCUT2D eigenvalue weighted by Crippen LogP contribution is 2.42. The zero-order valence-corrected chi connectivity index (χ0v) is 11.1. The maximum Gasteiger partial charge on any atom is 0.217 e. The maximum atomic E-state index is 11.5. The Bertz CT molecular complexity index is 589. The molecular formula is C16H16N2O. The summed E-state index contributed by atoms with van der Waals surface area (Å²) in [5.74, 6) is -0.0147. The zero-order chi connectivity index (χ0) is 13.4. The second-order valence-electron chi connectivity index (χ2n) is 4.81. The molecule has 0 bridgehead atoms. The normalized spacial score (nSPS) is 13.7. The largest absolute Gasteiger partial charge is 0.345 e. The third-order valence-corrected chi connectivity index (χ3v) is 3.57. The molecule has 1 aliphatic rings. The van der Waals surface area contributed by atoms with Crippen LogP contribution >= 0.6 is 0 Å². The molecule has 0 aliphatic carbocycles. The van der Waals surface area contributed by atoms with E-state index in [1.807, 2.05) is 24.3 Å². The topological polar surface area (TPSA) is 32.3 Å². The first-order valence-corrected chi connectivity index (χ1v) is 6.37. The minimum Gasteiger partial charge on any atom is -0.345 e. The first-order valence-electron chi connectivity index (χ1n) is 6.37. The Kier molecular flexibility index (Phi) is 2.75. The standard InChI is InChI=1S/C16H16N2O/c1-11(19)17-16-12-7-3-5-9-14(12)18(2)15-10-6-4-8-13(15)16/h3-10,16H,1-2H3,(H,17,19). The Labute approximate surface area is 112 Å². The van der Waals surface area contributed by atoms with E-state index in [4.69, 9.17) is 0 Å². The van der Waals surface area contributed by atoms with Crippen LogP contribution in [0.5, 0.6) is 0 Å². The quantitative estimate of drug-likeness (QED) is 0.846. The smallest absolute Gasteiger partial charge is 0.217 e. The second-order valence-corrected chi connectivity index (χ2v) is 4.81. The van der Waals surface area contributed by atoms with E-state index in [-0.39, 0.29) is 11.9 Å². The fourth-order valence-electron chi connectivity index (χ4n) is 2.73. The highest BCUT2D eigenvalue weighted by molar-refractivity contribution is 5.80. The summed E-state index contributed by atoms with van der Waals surface area (Å²) in [7, 11) is 2.06. The number of hydrogen-bond acceptors (Lipinski definition) is 2. The van der Waals surface area contributed by atoms with Crippen molar-refractivity contribution in [2.24, 2.45) is 0 Å². The van der Waals surface area contributed by atoms with E-state index < -0.39 is 0 Å². The lowest BCUT2D eigenvalue weighted by Gasteiger charge is -2.35. The van der Waals surface area contributed by atoms with Crippen LogP contribution in [-0.2, 0) is 4.79 Å². The first-order chi connectivity index (χ1) is 9.18. The SMILES string of the molecule is CC(=O)NC1c2ccccc2N(C)c2ccccc21. The fraction of sp³-hybridized carbons (Fsp3) is 0.188. The van der Waals surface area contributed by atoms with E-state index in [1.165, 1.54) is 0 Å². The fourth-order valence-corrected chi connectivity index (χ4v) is 2.73. The summed E-state index contributed by atoms with van der Waals surface area (Å²) in [6, 6.07) is 16.3. The molecular weight excluding hydrogens is 236 g/mol. The molecule has 3 heteroatoms. The summed E-state index contributed by atoms with van der Waals surface area (Å²) >= 11 is 0. The van der Waals surface area contributed by atoms with Crippen molar-refractivity contribution in [1.29, 1.82) is 0 Å². The second kappa shape index (κ2) is 4.43. The molecule has 0 radical (unpaired) electrons. The van der Waals surface area contributed by atoms with Crippen LogP contribution in [0.15, 0.2) is 48.5 Å². The molecule has 1 amide bonds. The Morgan fingerprint density at radius 3 is 1.95 bits per heavy atom. The zero-order valence-electron chi connectivity index (χ0n) is 11.1. The van der Waals surface area contributed by atoms with Crippen molar-refractivity contribution >= 4 is 17.3 Å². The number of nitrogens with one attached hydrogen (secondary N) is 1. The van der Waals surface area contributed by atoms with Crippen molar-refractivity contribution in [3.8, 4) is 0 Å². The molecule has 0 atom stereocenters. The van der Waals surface area contributed by atoms with Gasteiger partial charge in [0.05, 0.1) is 6.04 Å². The van der Waals surface area contributed by atoms with Gasteiger partial charge in [-0.25, -0.2) is 0 Å². The Morgan fingerprint density at radius 1 is 1.00 bits per heavy atom. The van der Waals surface area contributed by atoms with Crippen molar-refractivity contribution < 1.29 is 4.79 Å². The monoisotopic (exact) mass is 252 g/mol. The van der Waals surface area contributed by atoms with Gasteiger partial charge in [0.25, 0.3) is 0 Å². The van der Waals surface area contributed by atoms with Gasteiger partial charge in [0.2, 0.25) is 5.91 Å². The number of para-hydroxylation sites is 2. The van der Waals surface area contributed by atoms with Gasteiger partial charge in [-0.15, -0.1) is 0 Å². The van der Waals surface area contributed by atoms with Crippen molar-refractivity contribution in [3.05, 3.63) is 59.7 Å². The highest BCUT2D eigenvalue weighted by Gasteiger charge is 2.28. The molecule has 1 heterocycles. The highest BCUT2D eigenvalue weighted by atomic mass is 16.1. The van der Waals surface area contributed by atoms with E-state index in [0.29, 0.717) is 0 Å². The molecule has 96 valence electrons. The third kappa shape index (κ3) is 1.87. The number of hydrogen-bond donors (Lipinski definition) is 1.